The summed E-state index contributed by atoms with van der Waals surface area (Å²) in [4.78, 5) is 17.2. The van der Waals surface area contributed by atoms with Gasteiger partial charge in [0, 0.05) is 4.47 Å². The number of amides is 1. The van der Waals surface area contributed by atoms with E-state index in [9.17, 15) is 4.79 Å². The molecule has 1 aliphatic rings. The Bertz CT molecular complexity index is 782. The predicted molar refractivity (Wildman–Crippen MR) is 96.1 cm³/mol. The number of thioether (sulfide) groups is 1. The minimum absolute atomic E-state index is 0.114. The van der Waals surface area contributed by atoms with Crippen LogP contribution in [0.1, 0.15) is 11.1 Å². The number of hydrogen-bond donors (Lipinski definition) is 1. The maximum Gasteiger partial charge on any atom is 0.264 e. The summed E-state index contributed by atoms with van der Waals surface area (Å²) in [5.74, 6) is -0.114. The van der Waals surface area contributed by atoms with Crippen molar-refractivity contribution in [2.24, 2.45) is 4.99 Å². The average Bonchev–Trinajstić information content (AvgIpc) is 2.84. The number of carbonyl (C=O) groups is 1. The van der Waals surface area contributed by atoms with Gasteiger partial charge in [-0.05, 0) is 58.4 Å². The molecule has 0 saturated carbocycles. The van der Waals surface area contributed by atoms with Crippen LogP contribution in [0.2, 0.25) is 0 Å². The minimum Gasteiger partial charge on any atom is -0.300 e. The Morgan fingerprint density at radius 1 is 1.14 bits per heavy atom. The molecule has 22 heavy (non-hydrogen) atoms. The van der Waals surface area contributed by atoms with E-state index in [1.807, 2.05) is 61.5 Å². The third kappa shape index (κ3) is 3.48. The van der Waals surface area contributed by atoms with E-state index in [1.165, 1.54) is 17.3 Å². The van der Waals surface area contributed by atoms with Crippen molar-refractivity contribution < 1.29 is 4.79 Å². The van der Waals surface area contributed by atoms with E-state index in [1.54, 1.807) is 0 Å². The van der Waals surface area contributed by atoms with Gasteiger partial charge in [-0.1, -0.05) is 42.0 Å². The highest BCUT2D eigenvalue weighted by Crippen LogP contribution is 2.30. The highest BCUT2D eigenvalue weighted by Gasteiger charge is 2.23. The molecule has 0 aliphatic carbocycles. The normalized spacial score (nSPS) is 18.0. The van der Waals surface area contributed by atoms with Crippen molar-refractivity contribution in [1.82, 2.24) is 5.32 Å². The summed E-state index contributed by atoms with van der Waals surface area (Å²) in [5.41, 5.74) is 2.99. The van der Waals surface area contributed by atoms with Crippen molar-refractivity contribution in [3.8, 4) is 0 Å². The van der Waals surface area contributed by atoms with Gasteiger partial charge >= 0.3 is 0 Å². The van der Waals surface area contributed by atoms with Gasteiger partial charge in [0.15, 0.2) is 5.17 Å². The van der Waals surface area contributed by atoms with E-state index in [-0.39, 0.29) is 5.91 Å². The fourth-order valence-electron chi connectivity index (χ4n) is 1.95. The van der Waals surface area contributed by atoms with Gasteiger partial charge in [-0.3, -0.25) is 4.79 Å². The largest absolute Gasteiger partial charge is 0.300 e. The molecule has 0 spiro atoms. The number of hydrogen-bond acceptors (Lipinski definition) is 3. The molecule has 0 unspecified atom stereocenters. The zero-order valence-electron chi connectivity index (χ0n) is 11.8. The molecule has 1 N–H and O–H groups in total. The van der Waals surface area contributed by atoms with Gasteiger partial charge in [0.25, 0.3) is 5.91 Å². The highest BCUT2D eigenvalue weighted by molar-refractivity contribution is 9.10. The molecule has 1 fully saturated rings. The first-order chi connectivity index (χ1) is 10.6. The molecule has 1 aliphatic heterocycles. The zero-order chi connectivity index (χ0) is 15.5. The molecular formula is C17H13BrN2OS. The number of nitrogens with zero attached hydrogens (tertiary/aromatic N) is 1. The first-order valence-corrected chi connectivity index (χ1v) is 8.33. The number of para-hydroxylation sites is 1. The third-order valence-corrected chi connectivity index (χ3v) is 4.68. The van der Waals surface area contributed by atoms with Crippen LogP contribution in [0.3, 0.4) is 0 Å². The first kappa shape index (κ1) is 15.1. The number of carbonyl (C=O) groups excluding carboxylic acids is 1. The summed E-state index contributed by atoms with van der Waals surface area (Å²) in [7, 11) is 0. The molecule has 3 rings (SSSR count). The summed E-state index contributed by atoms with van der Waals surface area (Å²) in [5, 5.41) is 3.39. The Hall–Kier alpha value is -1.85. The number of aryl methyl sites for hydroxylation is 1. The van der Waals surface area contributed by atoms with Crippen LogP contribution < -0.4 is 5.32 Å². The van der Waals surface area contributed by atoms with E-state index in [2.05, 4.69) is 26.2 Å². The number of halogens is 1. The van der Waals surface area contributed by atoms with Crippen molar-refractivity contribution >= 4 is 50.5 Å². The maximum absolute atomic E-state index is 12.0. The molecular weight excluding hydrogens is 360 g/mol. The summed E-state index contributed by atoms with van der Waals surface area (Å²) in [6.07, 6.45) is 1.88. The van der Waals surface area contributed by atoms with Gasteiger partial charge in [0.1, 0.15) is 0 Å². The first-order valence-electron chi connectivity index (χ1n) is 6.72. The average molecular weight is 373 g/mol. The molecule has 0 aromatic heterocycles. The second kappa shape index (κ2) is 6.50. The Labute approximate surface area is 141 Å². The third-order valence-electron chi connectivity index (χ3n) is 3.10. The summed E-state index contributed by atoms with van der Waals surface area (Å²) < 4.78 is 0.897. The molecule has 3 nitrogen and oxygen atoms in total. The van der Waals surface area contributed by atoms with E-state index >= 15 is 0 Å². The van der Waals surface area contributed by atoms with Crippen LogP contribution in [0.25, 0.3) is 6.08 Å². The fraction of sp³-hybridized carbons (Fsp3) is 0.0588. The Kier molecular flexibility index (Phi) is 4.45. The molecule has 1 heterocycles. The van der Waals surface area contributed by atoms with Crippen LogP contribution in [0.4, 0.5) is 5.69 Å². The van der Waals surface area contributed by atoms with Gasteiger partial charge in [-0.15, -0.1) is 0 Å². The summed E-state index contributed by atoms with van der Waals surface area (Å²) in [6.45, 7) is 2.04. The van der Waals surface area contributed by atoms with Crippen molar-refractivity contribution in [2.45, 2.75) is 6.92 Å². The molecule has 1 saturated heterocycles. The smallest absolute Gasteiger partial charge is 0.264 e. The Morgan fingerprint density at radius 3 is 2.59 bits per heavy atom. The lowest BCUT2D eigenvalue weighted by molar-refractivity contribution is -0.115. The fourth-order valence-corrected chi connectivity index (χ4v) is 3.15. The van der Waals surface area contributed by atoms with E-state index in [0.29, 0.717) is 10.1 Å². The highest BCUT2D eigenvalue weighted by atomic mass is 79.9. The standard InChI is InChI=1S/C17H13BrN2OS/c1-11-6-8-12(9-7-11)10-15-16(21)20-17(22-15)19-14-5-3-2-4-13(14)18/h2-10H,1H3,(H,19,20,21)/b15-10-. The lowest BCUT2D eigenvalue weighted by Gasteiger charge is -1.98. The molecule has 110 valence electrons. The van der Waals surface area contributed by atoms with Gasteiger partial charge < -0.3 is 5.32 Å². The van der Waals surface area contributed by atoms with Crippen molar-refractivity contribution in [2.75, 3.05) is 0 Å². The minimum atomic E-state index is -0.114. The molecule has 0 radical (unpaired) electrons. The Morgan fingerprint density at radius 2 is 1.86 bits per heavy atom. The van der Waals surface area contributed by atoms with Gasteiger partial charge in [-0.2, -0.15) is 0 Å². The van der Waals surface area contributed by atoms with E-state index in [0.717, 1.165) is 15.7 Å². The summed E-state index contributed by atoms with van der Waals surface area (Å²) in [6, 6.07) is 15.7. The lowest BCUT2D eigenvalue weighted by atomic mass is 10.1. The van der Waals surface area contributed by atoms with E-state index < -0.39 is 0 Å². The number of amidine groups is 1. The van der Waals surface area contributed by atoms with Crippen LogP contribution in [-0.2, 0) is 4.79 Å². The summed E-state index contributed by atoms with van der Waals surface area (Å²) >= 11 is 4.80. The number of aliphatic imine (C=N–C) groups is 1. The molecule has 5 heteroatoms. The van der Waals surface area contributed by atoms with Crippen molar-refractivity contribution in [1.29, 1.82) is 0 Å². The number of rotatable bonds is 2. The van der Waals surface area contributed by atoms with Crippen molar-refractivity contribution in [3.63, 3.8) is 0 Å². The number of nitrogens with one attached hydrogen (secondary N) is 1. The van der Waals surface area contributed by atoms with E-state index in [4.69, 9.17) is 0 Å². The second-order valence-corrected chi connectivity index (χ2v) is 6.73. The number of benzene rings is 2. The van der Waals surface area contributed by atoms with Crippen LogP contribution in [0.15, 0.2) is 62.9 Å². The van der Waals surface area contributed by atoms with Crippen molar-refractivity contribution in [3.05, 3.63) is 69.0 Å². The van der Waals surface area contributed by atoms with Crippen LogP contribution in [-0.4, -0.2) is 11.1 Å². The predicted octanol–water partition coefficient (Wildman–Crippen LogP) is 4.65. The van der Waals surface area contributed by atoms with Gasteiger partial charge in [-0.25, -0.2) is 4.99 Å². The van der Waals surface area contributed by atoms with Crippen LogP contribution in [0.5, 0.6) is 0 Å². The second-order valence-electron chi connectivity index (χ2n) is 4.84. The quantitative estimate of drug-likeness (QED) is 0.779. The SMILES string of the molecule is Cc1ccc(/C=C2\SC(=Nc3ccccc3Br)NC2=O)cc1. The maximum atomic E-state index is 12.0. The zero-order valence-corrected chi connectivity index (χ0v) is 14.2. The van der Waals surface area contributed by atoms with Crippen LogP contribution in [0, 0.1) is 6.92 Å². The lowest BCUT2D eigenvalue weighted by Crippen LogP contribution is -2.19. The topological polar surface area (TPSA) is 41.5 Å². The molecule has 0 bridgehead atoms. The van der Waals surface area contributed by atoms with Gasteiger partial charge in [0.05, 0.1) is 10.6 Å². The van der Waals surface area contributed by atoms with Gasteiger partial charge in [0.2, 0.25) is 0 Å². The molecule has 2 aromatic carbocycles. The van der Waals surface area contributed by atoms with Crippen LogP contribution >= 0.6 is 27.7 Å². The monoisotopic (exact) mass is 372 g/mol. The molecule has 0 atom stereocenters. The molecule has 2 aromatic rings. The molecule has 1 amide bonds. The Balaban J connectivity index is 1.84.